The Morgan fingerprint density at radius 3 is 2.87 bits per heavy atom. The molecule has 80 valence electrons. The fourth-order valence-corrected chi connectivity index (χ4v) is 1.19. The standard InChI is InChI=1S/C10H13N3O2/c1-15-10(14)9-6-12-8(5-13-9)4-11-7-2-3-7/h5-7,11H,2-4H2,1H3. The fraction of sp³-hybridized carbons (Fsp3) is 0.500. The molecule has 0 unspecified atom stereocenters. The second-order valence-electron chi connectivity index (χ2n) is 3.54. The average molecular weight is 207 g/mol. The van der Waals surface area contributed by atoms with Crippen LogP contribution in [0.3, 0.4) is 0 Å². The lowest BCUT2D eigenvalue weighted by atomic mass is 10.4. The summed E-state index contributed by atoms with van der Waals surface area (Å²) in [4.78, 5) is 19.2. The molecule has 1 N–H and O–H groups in total. The minimum atomic E-state index is -0.454. The summed E-state index contributed by atoms with van der Waals surface area (Å²) in [5.41, 5.74) is 1.09. The maximum atomic E-state index is 11.1. The number of rotatable bonds is 4. The fourth-order valence-electron chi connectivity index (χ4n) is 1.19. The smallest absolute Gasteiger partial charge is 0.358 e. The van der Waals surface area contributed by atoms with Crippen molar-refractivity contribution in [3.8, 4) is 0 Å². The molecule has 1 heterocycles. The first-order valence-electron chi connectivity index (χ1n) is 4.92. The monoisotopic (exact) mass is 207 g/mol. The Kier molecular flexibility index (Phi) is 2.91. The van der Waals surface area contributed by atoms with Crippen LogP contribution in [-0.4, -0.2) is 29.1 Å². The zero-order valence-corrected chi connectivity index (χ0v) is 8.56. The minimum absolute atomic E-state index is 0.243. The highest BCUT2D eigenvalue weighted by Crippen LogP contribution is 2.18. The molecule has 0 saturated heterocycles. The molecule has 0 atom stereocenters. The van der Waals surface area contributed by atoms with E-state index in [1.807, 2.05) is 0 Å². The predicted octanol–water partition coefficient (Wildman–Crippen LogP) is 0.515. The summed E-state index contributed by atoms with van der Waals surface area (Å²) in [6, 6.07) is 0.645. The first-order valence-corrected chi connectivity index (χ1v) is 4.92. The third kappa shape index (κ3) is 2.73. The van der Waals surface area contributed by atoms with Crippen LogP contribution in [0.15, 0.2) is 12.4 Å². The predicted molar refractivity (Wildman–Crippen MR) is 53.2 cm³/mol. The summed E-state index contributed by atoms with van der Waals surface area (Å²) < 4.78 is 4.53. The van der Waals surface area contributed by atoms with Gasteiger partial charge in [-0.15, -0.1) is 0 Å². The van der Waals surface area contributed by atoms with Crippen molar-refractivity contribution in [1.29, 1.82) is 0 Å². The lowest BCUT2D eigenvalue weighted by molar-refractivity contribution is 0.0593. The van der Waals surface area contributed by atoms with Gasteiger partial charge >= 0.3 is 5.97 Å². The van der Waals surface area contributed by atoms with Crippen LogP contribution < -0.4 is 5.32 Å². The summed E-state index contributed by atoms with van der Waals surface area (Å²) in [5.74, 6) is -0.454. The molecule has 1 aliphatic rings. The number of carbonyl (C=O) groups is 1. The van der Waals surface area contributed by atoms with Gasteiger partial charge in [0.25, 0.3) is 0 Å². The van der Waals surface area contributed by atoms with Gasteiger partial charge in [-0.25, -0.2) is 9.78 Å². The van der Waals surface area contributed by atoms with Crippen LogP contribution in [0.2, 0.25) is 0 Å². The van der Waals surface area contributed by atoms with Crippen molar-refractivity contribution in [2.75, 3.05) is 7.11 Å². The molecule has 1 aromatic rings. The number of hydrogen-bond donors (Lipinski definition) is 1. The molecule has 1 aliphatic carbocycles. The van der Waals surface area contributed by atoms with E-state index in [0.29, 0.717) is 12.6 Å². The van der Waals surface area contributed by atoms with E-state index >= 15 is 0 Å². The van der Waals surface area contributed by atoms with Crippen molar-refractivity contribution in [3.05, 3.63) is 23.8 Å². The summed E-state index contributed by atoms with van der Waals surface area (Å²) >= 11 is 0. The topological polar surface area (TPSA) is 64.1 Å². The highest BCUT2D eigenvalue weighted by Gasteiger charge is 2.20. The molecule has 0 spiro atoms. The third-order valence-electron chi connectivity index (χ3n) is 2.25. The van der Waals surface area contributed by atoms with Gasteiger partial charge in [0.05, 0.1) is 25.2 Å². The van der Waals surface area contributed by atoms with Gasteiger partial charge in [0.2, 0.25) is 0 Å². The molecule has 0 radical (unpaired) electrons. The van der Waals surface area contributed by atoms with Gasteiger partial charge in [-0.05, 0) is 12.8 Å². The number of nitrogens with zero attached hydrogens (tertiary/aromatic N) is 2. The van der Waals surface area contributed by atoms with E-state index in [1.54, 1.807) is 6.20 Å². The molecule has 1 aromatic heterocycles. The van der Waals surface area contributed by atoms with Gasteiger partial charge in [-0.1, -0.05) is 0 Å². The Morgan fingerprint density at radius 1 is 1.53 bits per heavy atom. The van der Waals surface area contributed by atoms with E-state index in [1.165, 1.54) is 26.1 Å². The molecule has 1 fully saturated rings. The van der Waals surface area contributed by atoms with Gasteiger partial charge < -0.3 is 10.1 Å². The number of methoxy groups -OCH3 is 1. The van der Waals surface area contributed by atoms with E-state index in [-0.39, 0.29) is 5.69 Å². The maximum Gasteiger partial charge on any atom is 0.358 e. The van der Waals surface area contributed by atoms with Crippen molar-refractivity contribution in [2.45, 2.75) is 25.4 Å². The van der Waals surface area contributed by atoms with E-state index < -0.39 is 5.97 Å². The zero-order chi connectivity index (χ0) is 10.7. The highest BCUT2D eigenvalue weighted by molar-refractivity contribution is 5.86. The lowest BCUT2D eigenvalue weighted by Gasteiger charge is -2.02. The van der Waals surface area contributed by atoms with Crippen LogP contribution in [0.25, 0.3) is 0 Å². The SMILES string of the molecule is COC(=O)c1cnc(CNC2CC2)cn1. The van der Waals surface area contributed by atoms with E-state index in [9.17, 15) is 4.79 Å². The molecule has 0 aromatic carbocycles. The van der Waals surface area contributed by atoms with Crippen molar-refractivity contribution in [3.63, 3.8) is 0 Å². The number of ether oxygens (including phenoxy) is 1. The minimum Gasteiger partial charge on any atom is -0.464 e. The summed E-state index contributed by atoms with van der Waals surface area (Å²) in [7, 11) is 1.33. The first-order chi connectivity index (χ1) is 7.29. The van der Waals surface area contributed by atoms with Crippen molar-refractivity contribution >= 4 is 5.97 Å². The summed E-state index contributed by atoms with van der Waals surface area (Å²) in [6.07, 6.45) is 5.53. The molecular formula is C10H13N3O2. The second-order valence-corrected chi connectivity index (χ2v) is 3.54. The van der Waals surface area contributed by atoms with Gasteiger partial charge in [0.1, 0.15) is 0 Å². The van der Waals surface area contributed by atoms with Crippen LogP contribution in [0, 0.1) is 0 Å². The number of hydrogen-bond acceptors (Lipinski definition) is 5. The van der Waals surface area contributed by atoms with Crippen LogP contribution in [0.1, 0.15) is 29.0 Å². The average Bonchev–Trinajstić information content (AvgIpc) is 3.10. The van der Waals surface area contributed by atoms with Gasteiger partial charge in [0.15, 0.2) is 5.69 Å². The Labute approximate surface area is 87.9 Å². The molecule has 0 bridgehead atoms. The van der Waals surface area contributed by atoms with Crippen LogP contribution in [-0.2, 0) is 11.3 Å². The number of aromatic nitrogens is 2. The maximum absolute atomic E-state index is 11.1. The number of carbonyl (C=O) groups excluding carboxylic acids is 1. The Bertz CT molecular complexity index is 346. The summed E-state index contributed by atoms with van der Waals surface area (Å²) in [5, 5.41) is 3.32. The van der Waals surface area contributed by atoms with Crippen molar-refractivity contribution < 1.29 is 9.53 Å². The Balaban J connectivity index is 1.93. The van der Waals surface area contributed by atoms with Gasteiger partial charge in [0, 0.05) is 12.6 Å². The zero-order valence-electron chi connectivity index (χ0n) is 8.56. The van der Waals surface area contributed by atoms with Crippen molar-refractivity contribution in [2.24, 2.45) is 0 Å². The largest absolute Gasteiger partial charge is 0.464 e. The molecule has 5 heteroatoms. The van der Waals surface area contributed by atoms with E-state index in [4.69, 9.17) is 0 Å². The Morgan fingerprint density at radius 2 is 2.33 bits per heavy atom. The van der Waals surface area contributed by atoms with Crippen LogP contribution >= 0.6 is 0 Å². The third-order valence-corrected chi connectivity index (χ3v) is 2.25. The molecule has 2 rings (SSSR count). The van der Waals surface area contributed by atoms with E-state index in [2.05, 4.69) is 20.0 Å². The number of esters is 1. The summed E-state index contributed by atoms with van der Waals surface area (Å²) in [6.45, 7) is 0.707. The quantitative estimate of drug-likeness (QED) is 0.729. The normalized spacial score (nSPS) is 15.0. The molecule has 5 nitrogen and oxygen atoms in total. The van der Waals surface area contributed by atoms with Gasteiger partial charge in [-0.3, -0.25) is 4.98 Å². The molecule has 0 aliphatic heterocycles. The van der Waals surface area contributed by atoms with Crippen molar-refractivity contribution in [1.82, 2.24) is 15.3 Å². The van der Waals surface area contributed by atoms with Crippen LogP contribution in [0.4, 0.5) is 0 Å². The second kappa shape index (κ2) is 4.35. The number of nitrogens with one attached hydrogen (secondary N) is 1. The first kappa shape index (κ1) is 10.0. The molecular weight excluding hydrogens is 194 g/mol. The lowest BCUT2D eigenvalue weighted by Crippen LogP contribution is -2.17. The molecule has 0 amide bonds. The van der Waals surface area contributed by atoms with Crippen LogP contribution in [0.5, 0.6) is 0 Å². The molecule has 15 heavy (non-hydrogen) atoms. The van der Waals surface area contributed by atoms with Gasteiger partial charge in [-0.2, -0.15) is 0 Å². The molecule has 1 saturated carbocycles. The highest BCUT2D eigenvalue weighted by atomic mass is 16.5. The van der Waals surface area contributed by atoms with E-state index in [0.717, 1.165) is 5.69 Å². The Hall–Kier alpha value is -1.49.